The molecule has 0 bridgehead atoms. The van der Waals surface area contributed by atoms with Crippen molar-refractivity contribution < 1.29 is 9.53 Å². The lowest BCUT2D eigenvalue weighted by molar-refractivity contribution is 0.0963. The number of carbonyl (C=O) groups excluding carboxylic acids is 1. The molecule has 8 nitrogen and oxygen atoms in total. The highest BCUT2D eigenvalue weighted by Crippen LogP contribution is 2.15. The molecule has 0 radical (unpaired) electrons. The number of aromatic nitrogens is 1. The number of guanidine groups is 1. The molecule has 0 unspecified atom stereocenters. The van der Waals surface area contributed by atoms with Crippen molar-refractivity contribution in [3.63, 3.8) is 0 Å². The zero-order valence-electron chi connectivity index (χ0n) is 15.2. The lowest BCUT2D eigenvalue weighted by Gasteiger charge is -2.31. The van der Waals surface area contributed by atoms with E-state index in [1.807, 2.05) is 38.1 Å². The van der Waals surface area contributed by atoms with Gasteiger partial charge in [-0.05, 0) is 25.8 Å². The molecule has 1 amide bonds. The van der Waals surface area contributed by atoms with Gasteiger partial charge in [0.2, 0.25) is 0 Å². The van der Waals surface area contributed by atoms with Crippen molar-refractivity contribution in [2.24, 2.45) is 10.7 Å². The topological polar surface area (TPSA) is 96.1 Å². The minimum absolute atomic E-state index is 0.219. The first-order valence-electron chi connectivity index (χ1n) is 8.60. The van der Waals surface area contributed by atoms with E-state index in [0.29, 0.717) is 32.2 Å². The van der Waals surface area contributed by atoms with Gasteiger partial charge in [0.1, 0.15) is 5.82 Å². The number of likely N-dealkylation sites (tertiary alicyclic amines) is 1. The molecule has 8 heteroatoms. The Balaban J connectivity index is 1.84. The molecular formula is C17H28N6O2. The summed E-state index contributed by atoms with van der Waals surface area (Å²) in [6.07, 6.45) is 3.17. The molecule has 2 heterocycles. The van der Waals surface area contributed by atoms with Crippen molar-refractivity contribution in [2.45, 2.75) is 32.4 Å². The van der Waals surface area contributed by atoms with Crippen molar-refractivity contribution >= 4 is 17.9 Å². The van der Waals surface area contributed by atoms with Gasteiger partial charge in [-0.15, -0.1) is 0 Å². The standard InChI is InChI=1S/C17H28N6O2/c1-4-25-17(24)23-10-7-14(8-11-23)21-16(18)20-12-13-6-5-9-19-15(13)22(2)3/h5-6,9,14H,4,7-8,10-12H2,1-3H3,(H3,18,20,21). The second kappa shape index (κ2) is 9.10. The average Bonchev–Trinajstić information content (AvgIpc) is 2.61. The van der Waals surface area contributed by atoms with E-state index in [2.05, 4.69) is 15.3 Å². The van der Waals surface area contributed by atoms with Gasteiger partial charge in [-0.25, -0.2) is 14.8 Å². The third-order valence-corrected chi connectivity index (χ3v) is 4.08. The summed E-state index contributed by atoms with van der Waals surface area (Å²) in [4.78, 5) is 24.2. The number of carbonyl (C=O) groups is 1. The van der Waals surface area contributed by atoms with Gasteiger partial charge in [-0.1, -0.05) is 6.07 Å². The maximum absolute atomic E-state index is 11.7. The SMILES string of the molecule is CCOC(=O)N1CCC(NC(N)=NCc2cccnc2N(C)C)CC1. The number of nitrogens with one attached hydrogen (secondary N) is 1. The van der Waals surface area contributed by atoms with Crippen LogP contribution in [0.15, 0.2) is 23.3 Å². The van der Waals surface area contributed by atoms with Crippen molar-refractivity contribution in [3.8, 4) is 0 Å². The normalized spacial score (nSPS) is 15.8. The van der Waals surface area contributed by atoms with Gasteiger partial charge in [-0.2, -0.15) is 0 Å². The quantitative estimate of drug-likeness (QED) is 0.613. The van der Waals surface area contributed by atoms with Crippen LogP contribution in [0.4, 0.5) is 10.6 Å². The number of anilines is 1. The van der Waals surface area contributed by atoms with E-state index < -0.39 is 0 Å². The third-order valence-electron chi connectivity index (χ3n) is 4.08. The first kappa shape index (κ1) is 18.8. The summed E-state index contributed by atoms with van der Waals surface area (Å²) in [5, 5.41) is 3.24. The Kier molecular flexibility index (Phi) is 6.85. The van der Waals surface area contributed by atoms with Crippen LogP contribution < -0.4 is 16.0 Å². The summed E-state index contributed by atoms with van der Waals surface area (Å²) in [7, 11) is 3.91. The highest BCUT2D eigenvalue weighted by molar-refractivity contribution is 5.78. The summed E-state index contributed by atoms with van der Waals surface area (Å²) in [6, 6.07) is 4.11. The van der Waals surface area contributed by atoms with Gasteiger partial charge in [-0.3, -0.25) is 0 Å². The second-order valence-corrected chi connectivity index (χ2v) is 6.19. The first-order valence-corrected chi connectivity index (χ1v) is 8.60. The number of amides is 1. The van der Waals surface area contributed by atoms with Crippen LogP contribution in [0.25, 0.3) is 0 Å². The lowest BCUT2D eigenvalue weighted by atomic mass is 10.1. The van der Waals surface area contributed by atoms with Crippen LogP contribution in [-0.4, -0.2) is 61.8 Å². The molecule has 0 spiro atoms. The minimum atomic E-state index is -0.240. The molecule has 1 fully saturated rings. The van der Waals surface area contributed by atoms with E-state index in [0.717, 1.165) is 24.2 Å². The summed E-state index contributed by atoms with van der Waals surface area (Å²) < 4.78 is 5.02. The summed E-state index contributed by atoms with van der Waals surface area (Å²) in [6.45, 7) is 4.02. The average molecular weight is 348 g/mol. The Bertz CT molecular complexity index is 597. The van der Waals surface area contributed by atoms with Crippen molar-refractivity contribution in [1.29, 1.82) is 0 Å². The highest BCUT2D eigenvalue weighted by Gasteiger charge is 2.23. The van der Waals surface area contributed by atoms with Gasteiger partial charge in [0, 0.05) is 45.0 Å². The van der Waals surface area contributed by atoms with Crippen LogP contribution in [-0.2, 0) is 11.3 Å². The predicted molar refractivity (Wildman–Crippen MR) is 98.6 cm³/mol. The molecule has 1 aromatic rings. The zero-order chi connectivity index (χ0) is 18.2. The molecule has 1 aromatic heterocycles. The molecular weight excluding hydrogens is 320 g/mol. The van der Waals surface area contributed by atoms with Gasteiger partial charge >= 0.3 is 6.09 Å². The molecule has 1 saturated heterocycles. The molecule has 138 valence electrons. The van der Waals surface area contributed by atoms with Crippen molar-refractivity contribution in [1.82, 2.24) is 15.2 Å². The van der Waals surface area contributed by atoms with E-state index in [1.54, 1.807) is 11.1 Å². The summed E-state index contributed by atoms with van der Waals surface area (Å²) in [5.74, 6) is 1.31. The van der Waals surface area contributed by atoms with Gasteiger partial charge < -0.3 is 25.6 Å². The molecule has 0 aliphatic carbocycles. The molecule has 25 heavy (non-hydrogen) atoms. The lowest BCUT2D eigenvalue weighted by Crippen LogP contribution is -2.48. The maximum atomic E-state index is 11.7. The molecule has 3 N–H and O–H groups in total. The van der Waals surface area contributed by atoms with E-state index in [1.165, 1.54) is 0 Å². The molecule has 1 aliphatic rings. The fourth-order valence-corrected chi connectivity index (χ4v) is 2.80. The largest absolute Gasteiger partial charge is 0.450 e. The molecule has 1 aliphatic heterocycles. The highest BCUT2D eigenvalue weighted by atomic mass is 16.6. The monoisotopic (exact) mass is 348 g/mol. The number of nitrogens with two attached hydrogens (primary N) is 1. The fourth-order valence-electron chi connectivity index (χ4n) is 2.80. The van der Waals surface area contributed by atoms with Crippen LogP contribution in [0, 0.1) is 0 Å². The van der Waals surface area contributed by atoms with E-state index in [4.69, 9.17) is 10.5 Å². The Morgan fingerprint density at radius 1 is 1.48 bits per heavy atom. The van der Waals surface area contributed by atoms with Crippen LogP contribution in [0.5, 0.6) is 0 Å². The van der Waals surface area contributed by atoms with E-state index in [9.17, 15) is 4.79 Å². The Labute approximate surface area is 149 Å². The number of hydrogen-bond donors (Lipinski definition) is 2. The van der Waals surface area contributed by atoms with Crippen molar-refractivity contribution in [2.75, 3.05) is 38.7 Å². The fraction of sp³-hybridized carbons (Fsp3) is 0.588. The Morgan fingerprint density at radius 3 is 2.84 bits per heavy atom. The smallest absolute Gasteiger partial charge is 0.409 e. The third kappa shape index (κ3) is 5.51. The van der Waals surface area contributed by atoms with Gasteiger partial charge in [0.25, 0.3) is 0 Å². The van der Waals surface area contributed by atoms with Crippen LogP contribution >= 0.6 is 0 Å². The Morgan fingerprint density at radius 2 is 2.20 bits per heavy atom. The number of piperidine rings is 1. The summed E-state index contributed by atoms with van der Waals surface area (Å²) >= 11 is 0. The number of ether oxygens (including phenoxy) is 1. The minimum Gasteiger partial charge on any atom is -0.450 e. The van der Waals surface area contributed by atoms with Crippen molar-refractivity contribution in [3.05, 3.63) is 23.9 Å². The number of pyridine rings is 1. The molecule has 0 saturated carbocycles. The zero-order valence-corrected chi connectivity index (χ0v) is 15.2. The van der Waals surface area contributed by atoms with Crippen LogP contribution in [0.2, 0.25) is 0 Å². The summed E-state index contributed by atoms with van der Waals surface area (Å²) in [5.41, 5.74) is 7.04. The second-order valence-electron chi connectivity index (χ2n) is 6.19. The van der Waals surface area contributed by atoms with E-state index in [-0.39, 0.29) is 12.1 Å². The van der Waals surface area contributed by atoms with Crippen LogP contribution in [0.3, 0.4) is 0 Å². The van der Waals surface area contributed by atoms with Crippen LogP contribution in [0.1, 0.15) is 25.3 Å². The molecule has 2 rings (SSSR count). The Hall–Kier alpha value is -2.51. The van der Waals surface area contributed by atoms with Gasteiger partial charge in [0.05, 0.1) is 13.2 Å². The first-order chi connectivity index (χ1) is 12.0. The maximum Gasteiger partial charge on any atom is 0.409 e. The number of rotatable bonds is 5. The van der Waals surface area contributed by atoms with E-state index >= 15 is 0 Å². The van der Waals surface area contributed by atoms with Gasteiger partial charge in [0.15, 0.2) is 5.96 Å². The number of aliphatic imine (C=N–C) groups is 1. The molecule has 0 atom stereocenters. The number of nitrogens with zero attached hydrogens (tertiary/aromatic N) is 4. The molecule has 0 aromatic carbocycles. The number of hydrogen-bond acceptors (Lipinski definition) is 5. The predicted octanol–water partition coefficient (Wildman–Crippen LogP) is 1.17.